The zero-order valence-corrected chi connectivity index (χ0v) is 15.2. The number of pyridine rings is 1. The predicted octanol–water partition coefficient (Wildman–Crippen LogP) is 3.87. The Labute approximate surface area is 151 Å². The van der Waals surface area contributed by atoms with Gasteiger partial charge in [0.05, 0.1) is 22.8 Å². The topological polar surface area (TPSA) is 45.3 Å². The van der Waals surface area contributed by atoms with Gasteiger partial charge in [0.1, 0.15) is 0 Å². The van der Waals surface area contributed by atoms with Crippen molar-refractivity contribution in [1.29, 1.82) is 0 Å². The molecule has 128 valence electrons. The third-order valence-electron chi connectivity index (χ3n) is 4.46. The van der Waals surface area contributed by atoms with Crippen molar-refractivity contribution in [1.82, 2.24) is 9.88 Å². The number of halogens is 2. The van der Waals surface area contributed by atoms with Gasteiger partial charge in [-0.25, -0.2) is 0 Å². The number of H-pyrrole nitrogens is 1. The van der Waals surface area contributed by atoms with Crippen LogP contribution in [0.4, 0.5) is 0 Å². The van der Waals surface area contributed by atoms with E-state index in [1.165, 1.54) is 0 Å². The molecule has 2 heterocycles. The molecular weight excluding hydrogens is 347 g/mol. The molecule has 1 atom stereocenters. The molecule has 1 aromatic heterocycles. The lowest BCUT2D eigenvalue weighted by Gasteiger charge is -2.33. The summed E-state index contributed by atoms with van der Waals surface area (Å²) >= 11 is 12.1. The van der Waals surface area contributed by atoms with Gasteiger partial charge in [-0.05, 0) is 31.5 Å². The number of hydrogen-bond donors (Lipinski definition) is 1. The molecule has 0 radical (unpaired) electrons. The molecule has 0 amide bonds. The van der Waals surface area contributed by atoms with Crippen molar-refractivity contribution < 1.29 is 4.74 Å². The molecule has 0 unspecified atom stereocenters. The highest BCUT2D eigenvalue weighted by molar-refractivity contribution is 6.42. The monoisotopic (exact) mass is 366 g/mol. The Morgan fingerprint density at radius 3 is 2.83 bits per heavy atom. The quantitative estimate of drug-likeness (QED) is 0.896. The smallest absolute Gasteiger partial charge is 0.187 e. The zero-order valence-electron chi connectivity index (χ0n) is 13.7. The van der Waals surface area contributed by atoms with Gasteiger partial charge in [-0.15, -0.1) is 0 Å². The minimum atomic E-state index is -0.0500. The van der Waals surface area contributed by atoms with Crippen LogP contribution in [0, 0.1) is 13.8 Å². The third kappa shape index (κ3) is 3.67. The van der Waals surface area contributed by atoms with E-state index in [0.717, 1.165) is 35.5 Å². The molecule has 6 heteroatoms. The molecule has 1 saturated heterocycles. The molecule has 0 aliphatic carbocycles. The second kappa shape index (κ2) is 7.28. The summed E-state index contributed by atoms with van der Waals surface area (Å²) in [7, 11) is 0. The second-order valence-corrected chi connectivity index (χ2v) is 6.99. The summed E-state index contributed by atoms with van der Waals surface area (Å²) in [6.07, 6.45) is 1.73. The van der Waals surface area contributed by atoms with Gasteiger partial charge in [0.15, 0.2) is 5.43 Å². The summed E-state index contributed by atoms with van der Waals surface area (Å²) in [5.41, 5.74) is 3.61. The Bertz CT molecular complexity index is 804. The average Bonchev–Trinajstić information content (AvgIpc) is 2.58. The number of hydrogen-bond acceptors (Lipinski definition) is 3. The van der Waals surface area contributed by atoms with E-state index in [9.17, 15) is 4.79 Å². The van der Waals surface area contributed by atoms with Gasteiger partial charge in [-0.2, -0.15) is 0 Å². The molecule has 0 saturated carbocycles. The number of ether oxygens (including phenoxy) is 1. The van der Waals surface area contributed by atoms with Gasteiger partial charge in [0, 0.05) is 42.7 Å². The normalized spacial score (nSPS) is 18.8. The van der Waals surface area contributed by atoms with E-state index in [1.807, 2.05) is 26.0 Å². The molecule has 3 rings (SSSR count). The molecule has 24 heavy (non-hydrogen) atoms. The number of benzene rings is 1. The van der Waals surface area contributed by atoms with Crippen LogP contribution in [0.2, 0.25) is 10.0 Å². The first kappa shape index (κ1) is 17.5. The summed E-state index contributed by atoms with van der Waals surface area (Å²) in [4.78, 5) is 17.6. The van der Waals surface area contributed by atoms with E-state index in [-0.39, 0.29) is 11.5 Å². The maximum absolute atomic E-state index is 12.1. The molecule has 2 aromatic rings. The Balaban J connectivity index is 1.75. The Kier molecular flexibility index (Phi) is 5.30. The van der Waals surface area contributed by atoms with Crippen LogP contribution >= 0.6 is 23.2 Å². The van der Waals surface area contributed by atoms with Crippen LogP contribution in [0.5, 0.6) is 0 Å². The Morgan fingerprint density at radius 2 is 2.08 bits per heavy atom. The van der Waals surface area contributed by atoms with Crippen LogP contribution in [0.25, 0.3) is 0 Å². The highest BCUT2D eigenvalue weighted by Crippen LogP contribution is 2.29. The van der Waals surface area contributed by atoms with E-state index in [2.05, 4.69) is 9.88 Å². The van der Waals surface area contributed by atoms with Crippen LogP contribution in [0.1, 0.15) is 28.5 Å². The minimum absolute atomic E-state index is 0.0500. The van der Waals surface area contributed by atoms with E-state index in [1.54, 1.807) is 12.3 Å². The number of aromatic nitrogens is 1. The molecule has 0 bridgehead atoms. The largest absolute Gasteiger partial charge is 0.371 e. The molecular formula is C18H20Cl2N2O2. The van der Waals surface area contributed by atoms with Crippen molar-refractivity contribution in [3.05, 3.63) is 67.0 Å². The first-order valence-corrected chi connectivity index (χ1v) is 8.68. The van der Waals surface area contributed by atoms with Crippen LogP contribution in [0.15, 0.2) is 29.2 Å². The van der Waals surface area contributed by atoms with Crippen molar-refractivity contribution in [2.75, 3.05) is 19.7 Å². The van der Waals surface area contributed by atoms with Gasteiger partial charge in [0.25, 0.3) is 0 Å². The number of nitrogens with one attached hydrogen (secondary N) is 1. The predicted molar refractivity (Wildman–Crippen MR) is 97.0 cm³/mol. The van der Waals surface area contributed by atoms with Gasteiger partial charge >= 0.3 is 0 Å². The maximum Gasteiger partial charge on any atom is 0.187 e. The van der Waals surface area contributed by atoms with Gasteiger partial charge in [0.2, 0.25) is 0 Å². The molecule has 4 nitrogen and oxygen atoms in total. The van der Waals surface area contributed by atoms with Gasteiger partial charge < -0.3 is 9.72 Å². The standard InChI is InChI=1S/C18H20Cl2N2O2/c1-11-8-21-16(12(2)18(11)23)9-22-5-6-24-17(10-22)13-3-4-14(19)15(20)7-13/h3-4,7-8,17H,5-6,9-10H2,1-2H3,(H,21,23)/t17-/m1/s1. The van der Waals surface area contributed by atoms with Crippen molar-refractivity contribution in [2.24, 2.45) is 0 Å². The number of nitrogens with zero attached hydrogens (tertiary/aromatic N) is 1. The molecule has 1 fully saturated rings. The fourth-order valence-electron chi connectivity index (χ4n) is 2.95. The lowest BCUT2D eigenvalue weighted by molar-refractivity contribution is -0.0333. The first-order chi connectivity index (χ1) is 11.5. The number of rotatable bonds is 3. The first-order valence-electron chi connectivity index (χ1n) is 7.92. The van der Waals surface area contributed by atoms with E-state index < -0.39 is 0 Å². The SMILES string of the molecule is Cc1c[nH]c(CN2CCO[C@@H](c3ccc(Cl)c(Cl)c3)C2)c(C)c1=O. The highest BCUT2D eigenvalue weighted by Gasteiger charge is 2.23. The Hall–Kier alpha value is -1.33. The fraction of sp³-hybridized carbons (Fsp3) is 0.389. The van der Waals surface area contributed by atoms with Crippen LogP contribution < -0.4 is 5.43 Å². The summed E-state index contributed by atoms with van der Waals surface area (Å²) < 4.78 is 5.88. The summed E-state index contributed by atoms with van der Waals surface area (Å²) in [6, 6.07) is 5.60. The average molecular weight is 367 g/mol. The summed E-state index contributed by atoms with van der Waals surface area (Å²) in [5, 5.41) is 1.08. The fourth-order valence-corrected chi connectivity index (χ4v) is 3.26. The lowest BCUT2D eigenvalue weighted by atomic mass is 10.1. The molecule has 1 aliphatic rings. The van der Waals surface area contributed by atoms with Crippen molar-refractivity contribution in [2.45, 2.75) is 26.5 Å². The highest BCUT2D eigenvalue weighted by atomic mass is 35.5. The number of aromatic amines is 1. The van der Waals surface area contributed by atoms with Crippen LogP contribution in [-0.2, 0) is 11.3 Å². The maximum atomic E-state index is 12.1. The zero-order chi connectivity index (χ0) is 17.3. The Morgan fingerprint density at radius 1 is 1.29 bits per heavy atom. The van der Waals surface area contributed by atoms with E-state index >= 15 is 0 Å². The third-order valence-corrected chi connectivity index (χ3v) is 5.20. The van der Waals surface area contributed by atoms with Crippen molar-refractivity contribution in [3.63, 3.8) is 0 Å². The molecule has 1 N–H and O–H groups in total. The minimum Gasteiger partial charge on any atom is -0.371 e. The molecule has 1 aromatic carbocycles. The van der Waals surface area contributed by atoms with E-state index in [0.29, 0.717) is 23.2 Å². The van der Waals surface area contributed by atoms with Crippen molar-refractivity contribution >= 4 is 23.2 Å². The molecule has 0 spiro atoms. The van der Waals surface area contributed by atoms with Crippen LogP contribution in [0.3, 0.4) is 0 Å². The summed E-state index contributed by atoms with van der Waals surface area (Å²) in [6.45, 7) is 6.60. The van der Waals surface area contributed by atoms with E-state index in [4.69, 9.17) is 27.9 Å². The van der Waals surface area contributed by atoms with Gasteiger partial charge in [-0.3, -0.25) is 9.69 Å². The van der Waals surface area contributed by atoms with Crippen molar-refractivity contribution in [3.8, 4) is 0 Å². The summed E-state index contributed by atoms with van der Waals surface area (Å²) in [5.74, 6) is 0. The molecule has 1 aliphatic heterocycles. The lowest BCUT2D eigenvalue weighted by Crippen LogP contribution is -2.38. The van der Waals surface area contributed by atoms with Gasteiger partial charge in [-0.1, -0.05) is 29.3 Å². The second-order valence-electron chi connectivity index (χ2n) is 6.17. The number of morpholine rings is 1. The number of aryl methyl sites for hydroxylation is 1. The van der Waals surface area contributed by atoms with Crippen LogP contribution in [-0.4, -0.2) is 29.6 Å².